The Morgan fingerprint density at radius 2 is 2.09 bits per heavy atom. The van der Waals surface area contributed by atoms with Crippen LogP contribution in [0.15, 0.2) is 42.9 Å². The smallest absolute Gasteiger partial charge is 0.218 e. The van der Waals surface area contributed by atoms with Gasteiger partial charge < -0.3 is 10.1 Å². The Labute approximate surface area is 134 Å². The van der Waals surface area contributed by atoms with Crippen molar-refractivity contribution in [2.75, 3.05) is 5.32 Å². The Kier molecular flexibility index (Phi) is 3.80. The second kappa shape index (κ2) is 6.24. The van der Waals surface area contributed by atoms with E-state index in [1.165, 1.54) is 12.8 Å². The van der Waals surface area contributed by atoms with Gasteiger partial charge in [-0.3, -0.25) is 4.40 Å². The van der Waals surface area contributed by atoms with Gasteiger partial charge in [-0.05, 0) is 43.9 Å². The van der Waals surface area contributed by atoms with Crippen LogP contribution in [0, 0.1) is 0 Å². The van der Waals surface area contributed by atoms with Gasteiger partial charge in [0, 0.05) is 18.3 Å². The number of hydrogen-bond donors (Lipinski definition) is 1. The highest BCUT2D eigenvalue weighted by Gasteiger charge is 2.18. The van der Waals surface area contributed by atoms with E-state index in [1.54, 1.807) is 12.5 Å². The van der Waals surface area contributed by atoms with E-state index in [0.29, 0.717) is 12.6 Å². The van der Waals surface area contributed by atoms with Crippen LogP contribution < -0.4 is 10.1 Å². The summed E-state index contributed by atoms with van der Waals surface area (Å²) < 4.78 is 8.01. The van der Waals surface area contributed by atoms with E-state index in [2.05, 4.69) is 26.6 Å². The van der Waals surface area contributed by atoms with E-state index in [4.69, 9.17) is 4.74 Å². The summed E-state index contributed by atoms with van der Waals surface area (Å²) >= 11 is 0. The summed E-state index contributed by atoms with van der Waals surface area (Å²) in [6, 6.07) is 9.89. The Bertz CT molecular complexity index is 794. The maximum absolute atomic E-state index is 6.08. The number of anilines is 1. The molecule has 1 aliphatic rings. The fraction of sp³-hybridized carbons (Fsp3) is 0.353. The van der Waals surface area contributed by atoms with Crippen molar-refractivity contribution >= 4 is 11.5 Å². The summed E-state index contributed by atoms with van der Waals surface area (Å²) in [5.41, 5.74) is 1.88. The molecule has 3 aromatic heterocycles. The van der Waals surface area contributed by atoms with Gasteiger partial charge in [-0.15, -0.1) is 10.2 Å². The fourth-order valence-electron chi connectivity index (χ4n) is 3.01. The summed E-state index contributed by atoms with van der Waals surface area (Å²) in [6.07, 6.45) is 8.56. The number of hydrogen-bond acceptors (Lipinski definition) is 5. The number of pyridine rings is 2. The zero-order valence-corrected chi connectivity index (χ0v) is 12.9. The van der Waals surface area contributed by atoms with E-state index in [0.717, 1.165) is 35.8 Å². The number of ether oxygens (including phenoxy) is 1. The molecule has 1 saturated carbocycles. The molecule has 0 spiro atoms. The lowest BCUT2D eigenvalue weighted by atomic mass is 10.2. The molecule has 0 amide bonds. The normalized spacial score (nSPS) is 15.1. The summed E-state index contributed by atoms with van der Waals surface area (Å²) in [5.74, 6) is 1.69. The lowest BCUT2D eigenvalue weighted by molar-refractivity contribution is 0.199. The third-order valence-electron chi connectivity index (χ3n) is 4.22. The highest BCUT2D eigenvalue weighted by Crippen LogP contribution is 2.25. The Morgan fingerprint density at radius 3 is 3.00 bits per heavy atom. The molecule has 0 bridgehead atoms. The molecule has 3 heterocycles. The van der Waals surface area contributed by atoms with Crippen molar-refractivity contribution in [1.29, 1.82) is 0 Å². The standard InChI is InChI=1S/C17H19N5O/c1-2-7-14(6-1)23-17-13(5-4-10-18-17)11-19-15-8-3-9-16-21-20-12-22(15)16/h3-5,8-10,12,14,19H,1-2,6-7,11H2. The van der Waals surface area contributed by atoms with Crippen molar-refractivity contribution < 1.29 is 4.74 Å². The molecular formula is C17H19N5O. The van der Waals surface area contributed by atoms with E-state index in [-0.39, 0.29) is 0 Å². The number of aromatic nitrogens is 4. The SMILES string of the molecule is c1cnc(OC2CCCC2)c(CNc2cccc3nncn23)c1. The molecule has 6 heteroatoms. The van der Waals surface area contributed by atoms with Crippen molar-refractivity contribution in [3.8, 4) is 5.88 Å². The minimum absolute atomic E-state index is 0.310. The van der Waals surface area contributed by atoms with Gasteiger partial charge in [0.25, 0.3) is 0 Å². The van der Waals surface area contributed by atoms with Crippen LogP contribution in [0.25, 0.3) is 5.65 Å². The topological polar surface area (TPSA) is 64.3 Å². The molecule has 118 valence electrons. The quantitative estimate of drug-likeness (QED) is 0.784. The van der Waals surface area contributed by atoms with Gasteiger partial charge in [-0.2, -0.15) is 0 Å². The van der Waals surface area contributed by atoms with Crippen LogP contribution in [0.3, 0.4) is 0 Å². The van der Waals surface area contributed by atoms with Crippen molar-refractivity contribution in [1.82, 2.24) is 19.6 Å². The van der Waals surface area contributed by atoms with E-state index in [9.17, 15) is 0 Å². The Morgan fingerprint density at radius 1 is 1.17 bits per heavy atom. The summed E-state index contributed by atoms with van der Waals surface area (Å²) in [4.78, 5) is 4.41. The second-order valence-electron chi connectivity index (χ2n) is 5.82. The predicted molar refractivity (Wildman–Crippen MR) is 87.4 cm³/mol. The maximum atomic E-state index is 6.08. The average Bonchev–Trinajstić information content (AvgIpc) is 3.25. The first-order chi connectivity index (χ1) is 11.4. The van der Waals surface area contributed by atoms with Crippen LogP contribution in [0.2, 0.25) is 0 Å². The monoisotopic (exact) mass is 309 g/mol. The van der Waals surface area contributed by atoms with E-state index in [1.807, 2.05) is 28.7 Å². The van der Waals surface area contributed by atoms with Crippen LogP contribution in [0.1, 0.15) is 31.2 Å². The third kappa shape index (κ3) is 2.97. The van der Waals surface area contributed by atoms with Crippen molar-refractivity contribution in [3.63, 3.8) is 0 Å². The molecule has 0 aromatic carbocycles. The molecule has 1 aliphatic carbocycles. The number of fused-ring (bicyclic) bond motifs is 1. The number of nitrogens with zero attached hydrogens (tertiary/aromatic N) is 4. The van der Waals surface area contributed by atoms with Gasteiger partial charge in [0.05, 0.1) is 0 Å². The molecule has 0 unspecified atom stereocenters. The maximum Gasteiger partial charge on any atom is 0.218 e. The molecule has 0 atom stereocenters. The van der Waals surface area contributed by atoms with Gasteiger partial charge in [0.2, 0.25) is 5.88 Å². The molecular weight excluding hydrogens is 290 g/mol. The van der Waals surface area contributed by atoms with Gasteiger partial charge in [0.15, 0.2) is 5.65 Å². The molecule has 1 N–H and O–H groups in total. The first-order valence-corrected chi connectivity index (χ1v) is 8.03. The van der Waals surface area contributed by atoms with Crippen LogP contribution in [0.5, 0.6) is 5.88 Å². The third-order valence-corrected chi connectivity index (χ3v) is 4.22. The number of rotatable bonds is 5. The highest BCUT2D eigenvalue weighted by molar-refractivity contribution is 5.49. The van der Waals surface area contributed by atoms with Crippen LogP contribution in [-0.4, -0.2) is 25.7 Å². The lowest BCUT2D eigenvalue weighted by Crippen LogP contribution is -2.14. The summed E-state index contributed by atoms with van der Waals surface area (Å²) in [6.45, 7) is 0.646. The van der Waals surface area contributed by atoms with Crippen LogP contribution in [0.4, 0.5) is 5.82 Å². The van der Waals surface area contributed by atoms with Crippen molar-refractivity contribution in [3.05, 3.63) is 48.4 Å². The van der Waals surface area contributed by atoms with Crippen LogP contribution in [-0.2, 0) is 6.54 Å². The van der Waals surface area contributed by atoms with Crippen molar-refractivity contribution in [2.24, 2.45) is 0 Å². The molecule has 0 radical (unpaired) electrons. The van der Waals surface area contributed by atoms with Gasteiger partial charge in [-0.1, -0.05) is 12.1 Å². The van der Waals surface area contributed by atoms with E-state index < -0.39 is 0 Å². The van der Waals surface area contributed by atoms with Crippen molar-refractivity contribution in [2.45, 2.75) is 38.3 Å². The zero-order chi connectivity index (χ0) is 15.5. The van der Waals surface area contributed by atoms with Gasteiger partial charge >= 0.3 is 0 Å². The van der Waals surface area contributed by atoms with E-state index >= 15 is 0 Å². The minimum Gasteiger partial charge on any atom is -0.474 e. The largest absolute Gasteiger partial charge is 0.474 e. The molecule has 23 heavy (non-hydrogen) atoms. The molecule has 3 aromatic rings. The predicted octanol–water partition coefficient (Wildman–Crippen LogP) is 3.06. The number of nitrogens with one attached hydrogen (secondary N) is 1. The minimum atomic E-state index is 0.310. The molecule has 6 nitrogen and oxygen atoms in total. The van der Waals surface area contributed by atoms with Gasteiger partial charge in [0.1, 0.15) is 18.2 Å². The van der Waals surface area contributed by atoms with Gasteiger partial charge in [-0.25, -0.2) is 4.98 Å². The molecule has 0 aliphatic heterocycles. The average molecular weight is 309 g/mol. The Balaban J connectivity index is 1.51. The second-order valence-corrected chi connectivity index (χ2v) is 5.82. The zero-order valence-electron chi connectivity index (χ0n) is 12.9. The highest BCUT2D eigenvalue weighted by atomic mass is 16.5. The summed E-state index contributed by atoms with van der Waals surface area (Å²) in [7, 11) is 0. The molecule has 0 saturated heterocycles. The fourth-order valence-corrected chi connectivity index (χ4v) is 3.01. The molecule has 1 fully saturated rings. The lowest BCUT2D eigenvalue weighted by Gasteiger charge is -2.16. The molecule has 4 rings (SSSR count). The van der Waals surface area contributed by atoms with Crippen LogP contribution >= 0.6 is 0 Å². The Hall–Kier alpha value is -2.63. The first-order valence-electron chi connectivity index (χ1n) is 8.03. The first kappa shape index (κ1) is 14.0. The summed E-state index contributed by atoms with van der Waals surface area (Å²) in [5, 5.41) is 11.4.